The Kier molecular flexibility index (Phi) is 7.00. The van der Waals surface area contributed by atoms with Gasteiger partial charge in [-0.3, -0.25) is 23.5 Å². The van der Waals surface area contributed by atoms with E-state index in [1.54, 1.807) is 16.7 Å². The Bertz CT molecular complexity index is 1580. The predicted octanol–water partition coefficient (Wildman–Crippen LogP) is 4.61. The van der Waals surface area contributed by atoms with Crippen molar-refractivity contribution in [2.24, 2.45) is 12.5 Å². The number of phenolic OH excluding ortho intramolecular Hbond substituents is 1. The van der Waals surface area contributed by atoms with Gasteiger partial charge in [0, 0.05) is 24.5 Å². The van der Waals surface area contributed by atoms with Gasteiger partial charge in [0.25, 0.3) is 5.56 Å². The Morgan fingerprint density at radius 2 is 1.71 bits per heavy atom. The van der Waals surface area contributed by atoms with Crippen LogP contribution in [-0.4, -0.2) is 42.5 Å². The van der Waals surface area contributed by atoms with Gasteiger partial charge in [-0.05, 0) is 67.2 Å². The number of likely N-dealkylation sites (tertiary alicyclic amines) is 1. The molecule has 0 amide bonds. The van der Waals surface area contributed by atoms with Crippen molar-refractivity contribution in [3.8, 4) is 5.75 Å². The summed E-state index contributed by atoms with van der Waals surface area (Å²) in [5, 5.41) is 15.7. The standard InChI is InChI=1S/C29H35N5O3S/c1-29(2,3)18-33-25-24(26(36)32(5)28(33)37)27(38-22-14-12-21(35)13-15-22)34(30-25)17-19-8-10-20(11-9-19)23-7-6-16-31(23)4/h8-15,23,35H,6-7,16-18H2,1-5H3. The molecular formula is C29H35N5O3S. The second-order valence-electron chi connectivity index (χ2n) is 11.4. The molecule has 38 heavy (non-hydrogen) atoms. The van der Waals surface area contributed by atoms with Crippen LogP contribution in [0.5, 0.6) is 5.75 Å². The van der Waals surface area contributed by atoms with Gasteiger partial charge in [0.05, 0.1) is 6.54 Å². The van der Waals surface area contributed by atoms with Crippen LogP contribution in [0.25, 0.3) is 11.0 Å². The number of rotatable bonds is 6. The number of aromatic hydroxyl groups is 1. The average molecular weight is 534 g/mol. The minimum absolute atomic E-state index is 0.177. The molecule has 1 atom stereocenters. The fourth-order valence-corrected chi connectivity index (χ4v) is 6.13. The lowest BCUT2D eigenvalue weighted by atomic mass is 9.97. The molecule has 1 fully saturated rings. The van der Waals surface area contributed by atoms with Crippen LogP contribution in [-0.2, 0) is 20.1 Å². The lowest BCUT2D eigenvalue weighted by molar-refractivity contribution is 0.317. The van der Waals surface area contributed by atoms with Crippen molar-refractivity contribution >= 4 is 22.8 Å². The largest absolute Gasteiger partial charge is 0.508 e. The van der Waals surface area contributed by atoms with Crippen molar-refractivity contribution in [1.29, 1.82) is 0 Å². The molecule has 5 rings (SSSR count). The number of nitrogens with zero attached hydrogens (tertiary/aromatic N) is 5. The zero-order chi connectivity index (χ0) is 27.2. The van der Waals surface area contributed by atoms with Gasteiger partial charge >= 0.3 is 5.69 Å². The summed E-state index contributed by atoms with van der Waals surface area (Å²) in [5.41, 5.74) is 1.86. The number of benzene rings is 2. The molecule has 0 saturated carbocycles. The van der Waals surface area contributed by atoms with Gasteiger partial charge in [0.2, 0.25) is 0 Å². The van der Waals surface area contributed by atoms with Crippen LogP contribution >= 0.6 is 11.8 Å². The van der Waals surface area contributed by atoms with Crippen molar-refractivity contribution in [2.75, 3.05) is 13.6 Å². The third-order valence-corrected chi connectivity index (χ3v) is 8.20. The summed E-state index contributed by atoms with van der Waals surface area (Å²) in [4.78, 5) is 29.9. The van der Waals surface area contributed by atoms with Crippen molar-refractivity contribution < 1.29 is 5.11 Å². The molecule has 2 aromatic heterocycles. The fourth-order valence-electron chi connectivity index (χ4n) is 5.14. The fraction of sp³-hybridized carbons (Fsp3) is 0.414. The Morgan fingerprint density at radius 1 is 1.03 bits per heavy atom. The van der Waals surface area contributed by atoms with E-state index < -0.39 is 0 Å². The molecule has 2 aromatic carbocycles. The zero-order valence-corrected chi connectivity index (χ0v) is 23.5. The van der Waals surface area contributed by atoms with Gasteiger partial charge in [0.1, 0.15) is 16.2 Å². The summed E-state index contributed by atoms with van der Waals surface area (Å²) in [6.45, 7) is 8.19. The van der Waals surface area contributed by atoms with Crippen molar-refractivity contribution in [3.05, 3.63) is 80.5 Å². The Labute approximate surface area is 226 Å². The number of hydrogen-bond donors (Lipinski definition) is 1. The molecule has 200 valence electrons. The first-order valence-corrected chi connectivity index (χ1v) is 13.8. The van der Waals surface area contributed by atoms with Crippen molar-refractivity contribution in [2.45, 2.75) is 62.7 Å². The highest BCUT2D eigenvalue weighted by Crippen LogP contribution is 2.34. The molecule has 0 bridgehead atoms. The second-order valence-corrected chi connectivity index (χ2v) is 12.5. The first-order chi connectivity index (χ1) is 18.0. The summed E-state index contributed by atoms with van der Waals surface area (Å²) >= 11 is 1.41. The van der Waals surface area contributed by atoms with E-state index in [0.717, 1.165) is 17.0 Å². The second kappa shape index (κ2) is 10.1. The lowest BCUT2D eigenvalue weighted by Crippen LogP contribution is -2.40. The molecule has 8 nitrogen and oxygen atoms in total. The molecule has 1 unspecified atom stereocenters. The van der Waals surface area contributed by atoms with E-state index in [2.05, 4.69) is 57.0 Å². The number of phenols is 1. The normalized spacial score (nSPS) is 16.5. The van der Waals surface area contributed by atoms with E-state index in [0.29, 0.717) is 35.2 Å². The highest BCUT2D eigenvalue weighted by atomic mass is 32.2. The van der Waals surface area contributed by atoms with Crippen LogP contribution in [0.1, 0.15) is 50.8 Å². The molecule has 1 N–H and O–H groups in total. The third kappa shape index (κ3) is 5.17. The Morgan fingerprint density at radius 3 is 2.32 bits per heavy atom. The summed E-state index contributed by atoms with van der Waals surface area (Å²) in [7, 11) is 3.69. The van der Waals surface area contributed by atoms with Gasteiger partial charge in [-0.15, -0.1) is 0 Å². The maximum absolute atomic E-state index is 13.5. The quantitative estimate of drug-likeness (QED) is 0.390. The molecule has 9 heteroatoms. The van der Waals surface area contributed by atoms with Crippen LogP contribution < -0.4 is 11.2 Å². The molecule has 0 spiro atoms. The highest BCUT2D eigenvalue weighted by Gasteiger charge is 2.25. The molecule has 1 saturated heterocycles. The minimum Gasteiger partial charge on any atom is -0.508 e. The van der Waals surface area contributed by atoms with Crippen molar-refractivity contribution in [1.82, 2.24) is 23.8 Å². The maximum Gasteiger partial charge on any atom is 0.332 e. The van der Waals surface area contributed by atoms with E-state index in [1.807, 2.05) is 16.8 Å². The van der Waals surface area contributed by atoms with Crippen LogP contribution in [0.4, 0.5) is 0 Å². The van der Waals surface area contributed by atoms with Gasteiger partial charge in [-0.2, -0.15) is 5.10 Å². The monoisotopic (exact) mass is 533 g/mol. The third-order valence-electron chi connectivity index (χ3n) is 7.08. The van der Waals surface area contributed by atoms with Crippen LogP contribution in [0.3, 0.4) is 0 Å². The van der Waals surface area contributed by atoms with E-state index in [9.17, 15) is 14.7 Å². The number of aromatic nitrogens is 4. The van der Waals surface area contributed by atoms with Crippen LogP contribution in [0, 0.1) is 5.41 Å². The summed E-state index contributed by atoms with van der Waals surface area (Å²) in [6, 6.07) is 15.9. The molecule has 4 aromatic rings. The Hall–Kier alpha value is -3.30. The Balaban J connectivity index is 1.63. The average Bonchev–Trinajstić information content (AvgIpc) is 3.45. The topological polar surface area (TPSA) is 85.3 Å². The first-order valence-electron chi connectivity index (χ1n) is 13.0. The van der Waals surface area contributed by atoms with E-state index in [1.165, 1.54) is 41.8 Å². The van der Waals surface area contributed by atoms with E-state index >= 15 is 0 Å². The number of hydrogen-bond acceptors (Lipinski definition) is 6. The molecule has 3 heterocycles. The minimum atomic E-state index is -0.367. The number of fused-ring (bicyclic) bond motifs is 1. The van der Waals surface area contributed by atoms with Crippen molar-refractivity contribution in [3.63, 3.8) is 0 Å². The highest BCUT2D eigenvalue weighted by molar-refractivity contribution is 7.99. The molecular weight excluding hydrogens is 498 g/mol. The van der Waals surface area contributed by atoms with Gasteiger partial charge in [0.15, 0.2) is 5.65 Å². The van der Waals surface area contributed by atoms with E-state index in [-0.39, 0.29) is 22.4 Å². The lowest BCUT2D eigenvalue weighted by Gasteiger charge is -2.20. The molecule has 0 aliphatic carbocycles. The van der Waals surface area contributed by atoms with Gasteiger partial charge in [-0.1, -0.05) is 56.8 Å². The predicted molar refractivity (Wildman–Crippen MR) is 151 cm³/mol. The first kappa shape index (κ1) is 26.3. The van der Waals surface area contributed by atoms with Crippen LogP contribution in [0.2, 0.25) is 0 Å². The summed E-state index contributed by atoms with van der Waals surface area (Å²) in [5.74, 6) is 0.177. The summed E-state index contributed by atoms with van der Waals surface area (Å²) < 4.78 is 4.62. The smallest absolute Gasteiger partial charge is 0.332 e. The molecule has 0 radical (unpaired) electrons. The molecule has 1 aliphatic heterocycles. The van der Waals surface area contributed by atoms with Crippen LogP contribution in [0.15, 0.2) is 68.0 Å². The molecule has 1 aliphatic rings. The SMILES string of the molecule is CN1CCCC1c1ccc(Cn2nc3c(c2Sc2ccc(O)cc2)c(=O)n(C)c(=O)n3CC(C)(C)C)cc1. The van der Waals surface area contributed by atoms with Gasteiger partial charge in [-0.25, -0.2) is 4.79 Å². The van der Waals surface area contributed by atoms with Gasteiger partial charge < -0.3 is 5.11 Å². The summed E-state index contributed by atoms with van der Waals surface area (Å²) in [6.07, 6.45) is 2.38. The zero-order valence-electron chi connectivity index (χ0n) is 22.6. The maximum atomic E-state index is 13.5. The van der Waals surface area contributed by atoms with E-state index in [4.69, 9.17) is 5.10 Å².